The Labute approximate surface area is 125 Å². The molecular weight excluding hydrogens is 266 g/mol. The van der Waals surface area contributed by atoms with Gasteiger partial charge < -0.3 is 9.84 Å². The van der Waals surface area contributed by atoms with E-state index in [1.165, 1.54) is 11.1 Å². The van der Waals surface area contributed by atoms with Gasteiger partial charge in [-0.3, -0.25) is 9.69 Å². The highest BCUT2D eigenvalue weighted by atomic mass is 16.5. The molecule has 2 unspecified atom stereocenters. The number of fused-ring (bicyclic) bond motifs is 1. The second kappa shape index (κ2) is 5.34. The fourth-order valence-corrected chi connectivity index (χ4v) is 3.91. The van der Waals surface area contributed by atoms with Gasteiger partial charge in [-0.15, -0.1) is 0 Å². The molecule has 0 bridgehead atoms. The van der Waals surface area contributed by atoms with Gasteiger partial charge in [0.15, 0.2) is 0 Å². The molecular formula is C17H23NO3. The number of rotatable bonds is 3. The summed E-state index contributed by atoms with van der Waals surface area (Å²) in [6, 6.07) is 6.59. The van der Waals surface area contributed by atoms with Crippen molar-refractivity contribution in [2.45, 2.75) is 50.6 Å². The SMILES string of the molecule is COc1ccc2c(c1)CC(N1CCCC1(C)C(=O)O)CC2. The van der Waals surface area contributed by atoms with E-state index in [2.05, 4.69) is 17.0 Å². The molecule has 1 N–H and O–H groups in total. The zero-order valence-electron chi connectivity index (χ0n) is 12.8. The summed E-state index contributed by atoms with van der Waals surface area (Å²) in [4.78, 5) is 13.9. The zero-order valence-corrected chi connectivity index (χ0v) is 12.8. The molecule has 114 valence electrons. The molecule has 0 aromatic heterocycles. The summed E-state index contributed by atoms with van der Waals surface area (Å²) in [6.45, 7) is 2.77. The van der Waals surface area contributed by atoms with E-state index >= 15 is 0 Å². The minimum atomic E-state index is -0.693. The van der Waals surface area contributed by atoms with Gasteiger partial charge >= 0.3 is 5.97 Å². The molecule has 1 fully saturated rings. The first kappa shape index (κ1) is 14.4. The topological polar surface area (TPSA) is 49.8 Å². The Morgan fingerprint density at radius 2 is 2.24 bits per heavy atom. The number of aliphatic carboxylic acids is 1. The van der Waals surface area contributed by atoms with Crippen LogP contribution in [0.15, 0.2) is 18.2 Å². The monoisotopic (exact) mass is 289 g/mol. The number of carbonyl (C=O) groups is 1. The van der Waals surface area contributed by atoms with E-state index in [4.69, 9.17) is 4.74 Å². The lowest BCUT2D eigenvalue weighted by Crippen LogP contribution is -2.54. The number of ether oxygens (including phenoxy) is 1. The molecule has 2 aliphatic rings. The van der Waals surface area contributed by atoms with E-state index in [1.54, 1.807) is 7.11 Å². The maximum Gasteiger partial charge on any atom is 0.323 e. The molecule has 0 spiro atoms. The highest BCUT2D eigenvalue weighted by molar-refractivity contribution is 5.78. The Hall–Kier alpha value is -1.55. The number of benzene rings is 1. The van der Waals surface area contributed by atoms with Crippen molar-refractivity contribution in [2.75, 3.05) is 13.7 Å². The zero-order chi connectivity index (χ0) is 15.0. The smallest absolute Gasteiger partial charge is 0.323 e. The highest BCUT2D eigenvalue weighted by Gasteiger charge is 2.46. The number of likely N-dealkylation sites (tertiary alicyclic amines) is 1. The number of carboxylic acid groups (broad SMARTS) is 1. The molecule has 0 amide bonds. The van der Waals surface area contributed by atoms with Crippen molar-refractivity contribution in [3.63, 3.8) is 0 Å². The lowest BCUT2D eigenvalue weighted by atomic mass is 9.85. The van der Waals surface area contributed by atoms with Crippen LogP contribution in [0, 0.1) is 0 Å². The maximum atomic E-state index is 11.7. The second-order valence-electron chi connectivity index (χ2n) is 6.41. The van der Waals surface area contributed by atoms with Gasteiger partial charge in [0.2, 0.25) is 0 Å². The van der Waals surface area contributed by atoms with Gasteiger partial charge in [-0.25, -0.2) is 0 Å². The molecule has 4 heteroatoms. The molecule has 1 aromatic rings. The van der Waals surface area contributed by atoms with E-state index in [0.29, 0.717) is 6.04 Å². The Kier molecular flexibility index (Phi) is 3.66. The normalized spacial score (nSPS) is 29.1. The Morgan fingerprint density at radius 3 is 2.95 bits per heavy atom. The van der Waals surface area contributed by atoms with Gasteiger partial charge in [0.1, 0.15) is 11.3 Å². The van der Waals surface area contributed by atoms with Crippen molar-refractivity contribution in [3.8, 4) is 5.75 Å². The van der Waals surface area contributed by atoms with Crippen LogP contribution in [0.25, 0.3) is 0 Å². The Morgan fingerprint density at radius 1 is 1.43 bits per heavy atom. The fraction of sp³-hybridized carbons (Fsp3) is 0.588. The van der Waals surface area contributed by atoms with Crippen LogP contribution < -0.4 is 4.74 Å². The molecule has 4 nitrogen and oxygen atoms in total. The third-order valence-electron chi connectivity index (χ3n) is 5.21. The lowest BCUT2D eigenvalue weighted by molar-refractivity contribution is -0.150. The second-order valence-corrected chi connectivity index (χ2v) is 6.41. The third-order valence-corrected chi connectivity index (χ3v) is 5.21. The summed E-state index contributed by atoms with van der Waals surface area (Å²) < 4.78 is 5.31. The van der Waals surface area contributed by atoms with Gasteiger partial charge in [0.05, 0.1) is 7.11 Å². The largest absolute Gasteiger partial charge is 0.497 e. The van der Waals surface area contributed by atoms with Crippen LogP contribution in [0.2, 0.25) is 0 Å². The molecule has 0 saturated carbocycles. The van der Waals surface area contributed by atoms with E-state index in [0.717, 1.165) is 44.4 Å². The summed E-state index contributed by atoms with van der Waals surface area (Å²) in [5.41, 5.74) is 2.00. The van der Waals surface area contributed by atoms with Crippen molar-refractivity contribution in [2.24, 2.45) is 0 Å². The van der Waals surface area contributed by atoms with Crippen LogP contribution in [0.1, 0.15) is 37.3 Å². The van der Waals surface area contributed by atoms with Crippen molar-refractivity contribution in [1.82, 2.24) is 4.90 Å². The molecule has 2 atom stereocenters. The van der Waals surface area contributed by atoms with Crippen LogP contribution in [0.3, 0.4) is 0 Å². The van der Waals surface area contributed by atoms with Crippen LogP contribution in [0.5, 0.6) is 5.75 Å². The maximum absolute atomic E-state index is 11.7. The van der Waals surface area contributed by atoms with E-state index in [-0.39, 0.29) is 0 Å². The fourth-order valence-electron chi connectivity index (χ4n) is 3.91. The van der Waals surface area contributed by atoms with Gasteiger partial charge in [0, 0.05) is 6.04 Å². The summed E-state index contributed by atoms with van der Waals surface area (Å²) >= 11 is 0. The Bertz CT molecular complexity index is 557. The van der Waals surface area contributed by atoms with Gasteiger partial charge in [0.25, 0.3) is 0 Å². The number of carboxylic acids is 1. The quantitative estimate of drug-likeness (QED) is 0.929. The minimum absolute atomic E-state index is 0.327. The molecule has 1 heterocycles. The van der Waals surface area contributed by atoms with E-state index in [9.17, 15) is 9.90 Å². The van der Waals surface area contributed by atoms with Gasteiger partial charge in [-0.05, 0) is 68.8 Å². The molecule has 21 heavy (non-hydrogen) atoms. The standard InChI is InChI=1S/C17H23NO3/c1-17(16(19)20)8-3-9-18(17)14-6-4-12-5-7-15(21-2)11-13(12)10-14/h5,7,11,14H,3-4,6,8-10H2,1-2H3,(H,19,20). The lowest BCUT2D eigenvalue weighted by Gasteiger charge is -2.40. The average Bonchev–Trinajstić information content (AvgIpc) is 2.89. The molecule has 1 aromatic carbocycles. The van der Waals surface area contributed by atoms with Crippen LogP contribution in [-0.4, -0.2) is 41.2 Å². The predicted molar refractivity (Wildman–Crippen MR) is 80.8 cm³/mol. The highest BCUT2D eigenvalue weighted by Crippen LogP contribution is 2.36. The van der Waals surface area contributed by atoms with E-state index in [1.807, 2.05) is 13.0 Å². The molecule has 1 aliphatic heterocycles. The minimum Gasteiger partial charge on any atom is -0.497 e. The number of hydrogen-bond donors (Lipinski definition) is 1. The van der Waals surface area contributed by atoms with Crippen molar-refractivity contribution in [3.05, 3.63) is 29.3 Å². The molecule has 1 saturated heterocycles. The van der Waals surface area contributed by atoms with Crippen molar-refractivity contribution in [1.29, 1.82) is 0 Å². The number of methoxy groups -OCH3 is 1. The summed E-state index contributed by atoms with van der Waals surface area (Å²) in [5.74, 6) is 0.202. The van der Waals surface area contributed by atoms with Crippen LogP contribution in [-0.2, 0) is 17.6 Å². The first-order valence-electron chi connectivity index (χ1n) is 7.70. The van der Waals surface area contributed by atoms with Crippen molar-refractivity contribution >= 4 is 5.97 Å². The number of hydrogen-bond acceptors (Lipinski definition) is 3. The van der Waals surface area contributed by atoms with Crippen LogP contribution >= 0.6 is 0 Å². The number of nitrogens with zero attached hydrogens (tertiary/aromatic N) is 1. The summed E-state index contributed by atoms with van der Waals surface area (Å²) in [5, 5.41) is 9.59. The average molecular weight is 289 g/mol. The van der Waals surface area contributed by atoms with E-state index < -0.39 is 11.5 Å². The summed E-state index contributed by atoms with van der Waals surface area (Å²) in [7, 11) is 1.68. The first-order valence-corrected chi connectivity index (χ1v) is 7.70. The third kappa shape index (κ3) is 2.42. The summed E-state index contributed by atoms with van der Waals surface area (Å²) in [6.07, 6.45) is 4.72. The first-order chi connectivity index (χ1) is 10.0. The predicted octanol–water partition coefficient (Wildman–Crippen LogP) is 2.49. The number of aryl methyl sites for hydroxylation is 1. The molecule has 0 radical (unpaired) electrons. The van der Waals surface area contributed by atoms with Gasteiger partial charge in [-0.2, -0.15) is 0 Å². The molecule has 1 aliphatic carbocycles. The van der Waals surface area contributed by atoms with Crippen molar-refractivity contribution < 1.29 is 14.6 Å². The van der Waals surface area contributed by atoms with Crippen LogP contribution in [0.4, 0.5) is 0 Å². The van der Waals surface area contributed by atoms with Gasteiger partial charge in [-0.1, -0.05) is 6.07 Å². The Balaban J connectivity index is 1.84. The molecule has 3 rings (SSSR count).